The molecule has 1 atom stereocenters. The zero-order chi connectivity index (χ0) is 14.1. The van der Waals surface area contributed by atoms with Crippen molar-refractivity contribution in [3.05, 3.63) is 29.8 Å². The van der Waals surface area contributed by atoms with E-state index in [1.807, 2.05) is 31.2 Å². The smallest absolute Gasteiger partial charge is 0.236 e. The molecule has 2 N–H and O–H groups in total. The van der Waals surface area contributed by atoms with Crippen molar-refractivity contribution >= 4 is 5.91 Å². The van der Waals surface area contributed by atoms with Gasteiger partial charge < -0.3 is 15.4 Å². The van der Waals surface area contributed by atoms with E-state index in [-0.39, 0.29) is 11.9 Å². The third-order valence-corrected chi connectivity index (χ3v) is 2.94. The fourth-order valence-corrected chi connectivity index (χ4v) is 1.62. The number of rotatable bonds is 8. The number of likely N-dealkylation sites (N-methyl/N-ethyl adjacent to an activating group) is 1. The minimum absolute atomic E-state index is 0.000445. The van der Waals surface area contributed by atoms with Gasteiger partial charge in [-0.2, -0.15) is 0 Å². The highest BCUT2D eigenvalue weighted by molar-refractivity contribution is 5.80. The summed E-state index contributed by atoms with van der Waals surface area (Å²) in [6.45, 7) is 5.43. The molecule has 1 aromatic carbocycles. The van der Waals surface area contributed by atoms with Crippen molar-refractivity contribution in [1.82, 2.24) is 10.6 Å². The van der Waals surface area contributed by atoms with Crippen LogP contribution >= 0.6 is 0 Å². The SMILES string of the molecule is CCCCOc1ccc(CNC(C)C(=O)NC)cc1. The molecule has 0 spiro atoms. The lowest BCUT2D eigenvalue weighted by atomic mass is 10.2. The predicted molar refractivity (Wildman–Crippen MR) is 77.2 cm³/mol. The van der Waals surface area contributed by atoms with Crippen LogP contribution in [0.2, 0.25) is 0 Å². The van der Waals surface area contributed by atoms with Gasteiger partial charge in [-0.3, -0.25) is 4.79 Å². The number of amides is 1. The lowest BCUT2D eigenvalue weighted by molar-refractivity contribution is -0.122. The number of hydrogen-bond acceptors (Lipinski definition) is 3. The molecule has 1 aromatic rings. The normalized spacial score (nSPS) is 11.9. The molecule has 0 heterocycles. The molecule has 4 heteroatoms. The molecule has 1 unspecified atom stereocenters. The van der Waals surface area contributed by atoms with E-state index < -0.39 is 0 Å². The average Bonchev–Trinajstić information content (AvgIpc) is 2.45. The molecule has 0 aliphatic carbocycles. The molecule has 1 amide bonds. The number of benzene rings is 1. The van der Waals surface area contributed by atoms with Crippen molar-refractivity contribution in [2.75, 3.05) is 13.7 Å². The van der Waals surface area contributed by atoms with Crippen LogP contribution in [0.4, 0.5) is 0 Å². The third-order valence-electron chi connectivity index (χ3n) is 2.94. The van der Waals surface area contributed by atoms with E-state index in [1.54, 1.807) is 7.05 Å². The number of carbonyl (C=O) groups is 1. The summed E-state index contributed by atoms with van der Waals surface area (Å²) in [4.78, 5) is 11.3. The van der Waals surface area contributed by atoms with Crippen molar-refractivity contribution < 1.29 is 9.53 Å². The average molecular weight is 264 g/mol. The fraction of sp³-hybridized carbons (Fsp3) is 0.533. The summed E-state index contributed by atoms with van der Waals surface area (Å²) < 4.78 is 5.60. The van der Waals surface area contributed by atoms with Gasteiger partial charge in [0.05, 0.1) is 12.6 Å². The van der Waals surface area contributed by atoms with Crippen LogP contribution < -0.4 is 15.4 Å². The fourth-order valence-electron chi connectivity index (χ4n) is 1.62. The first-order chi connectivity index (χ1) is 9.17. The molecule has 0 radical (unpaired) electrons. The van der Waals surface area contributed by atoms with Crippen LogP contribution in [-0.4, -0.2) is 25.6 Å². The van der Waals surface area contributed by atoms with Gasteiger partial charge in [0.1, 0.15) is 5.75 Å². The zero-order valence-electron chi connectivity index (χ0n) is 12.0. The second-order valence-electron chi connectivity index (χ2n) is 4.56. The zero-order valence-corrected chi connectivity index (χ0v) is 12.0. The summed E-state index contributed by atoms with van der Waals surface area (Å²) >= 11 is 0. The lowest BCUT2D eigenvalue weighted by Crippen LogP contribution is -2.40. The van der Waals surface area contributed by atoms with Gasteiger partial charge in [0.2, 0.25) is 5.91 Å². The summed E-state index contributed by atoms with van der Waals surface area (Å²) in [5.41, 5.74) is 1.14. The van der Waals surface area contributed by atoms with Crippen LogP contribution in [0.3, 0.4) is 0 Å². The van der Waals surface area contributed by atoms with Gasteiger partial charge in [-0.25, -0.2) is 0 Å². The number of unbranched alkanes of at least 4 members (excludes halogenated alkanes) is 1. The standard InChI is InChI=1S/C15H24N2O2/c1-4-5-10-19-14-8-6-13(7-9-14)11-17-12(2)15(18)16-3/h6-9,12,17H,4-5,10-11H2,1-3H3,(H,16,18). The van der Waals surface area contributed by atoms with Crippen LogP contribution in [0.15, 0.2) is 24.3 Å². The second-order valence-corrected chi connectivity index (χ2v) is 4.56. The molecular formula is C15H24N2O2. The molecule has 106 valence electrons. The Labute approximate surface area is 115 Å². The summed E-state index contributed by atoms with van der Waals surface area (Å²) in [6, 6.07) is 7.79. The third kappa shape index (κ3) is 5.75. The van der Waals surface area contributed by atoms with Gasteiger partial charge >= 0.3 is 0 Å². The Kier molecular flexibility index (Phi) is 6.97. The van der Waals surface area contributed by atoms with Crippen molar-refractivity contribution in [1.29, 1.82) is 0 Å². The van der Waals surface area contributed by atoms with Crippen molar-refractivity contribution in [2.24, 2.45) is 0 Å². The highest BCUT2D eigenvalue weighted by Crippen LogP contribution is 2.12. The van der Waals surface area contributed by atoms with Crippen LogP contribution in [-0.2, 0) is 11.3 Å². The maximum absolute atomic E-state index is 11.3. The molecule has 0 fully saturated rings. The Morgan fingerprint density at radius 2 is 2.00 bits per heavy atom. The first kappa shape index (κ1) is 15.5. The summed E-state index contributed by atoms with van der Waals surface area (Å²) in [5.74, 6) is 0.899. The van der Waals surface area contributed by atoms with Crippen LogP contribution in [0, 0.1) is 0 Å². The molecule has 0 saturated heterocycles. The molecule has 0 aromatic heterocycles. The van der Waals surface area contributed by atoms with Gasteiger partial charge in [-0.15, -0.1) is 0 Å². The van der Waals surface area contributed by atoms with E-state index in [2.05, 4.69) is 17.6 Å². The molecule has 0 aliphatic heterocycles. The second kappa shape index (κ2) is 8.53. The lowest BCUT2D eigenvalue weighted by Gasteiger charge is -2.12. The van der Waals surface area contributed by atoms with Crippen LogP contribution in [0.5, 0.6) is 5.75 Å². The Morgan fingerprint density at radius 1 is 1.32 bits per heavy atom. The minimum Gasteiger partial charge on any atom is -0.494 e. The van der Waals surface area contributed by atoms with Gasteiger partial charge in [-0.1, -0.05) is 25.5 Å². The molecule has 1 rings (SSSR count). The van der Waals surface area contributed by atoms with Gasteiger partial charge in [0.25, 0.3) is 0 Å². The van der Waals surface area contributed by atoms with E-state index in [9.17, 15) is 4.79 Å². The number of hydrogen-bond donors (Lipinski definition) is 2. The summed E-state index contributed by atoms with van der Waals surface area (Å²) in [7, 11) is 1.64. The van der Waals surface area contributed by atoms with E-state index in [1.165, 1.54) is 0 Å². The Balaban J connectivity index is 2.37. The van der Waals surface area contributed by atoms with E-state index >= 15 is 0 Å². The topological polar surface area (TPSA) is 50.4 Å². The number of ether oxygens (including phenoxy) is 1. The predicted octanol–water partition coefficient (Wildman–Crippen LogP) is 2.09. The summed E-state index contributed by atoms with van der Waals surface area (Å²) in [5, 5.41) is 5.79. The maximum Gasteiger partial charge on any atom is 0.236 e. The molecular weight excluding hydrogens is 240 g/mol. The van der Waals surface area contributed by atoms with Crippen molar-refractivity contribution in [2.45, 2.75) is 39.3 Å². The monoisotopic (exact) mass is 264 g/mol. The van der Waals surface area contributed by atoms with Gasteiger partial charge in [0.15, 0.2) is 0 Å². The molecule has 4 nitrogen and oxygen atoms in total. The van der Waals surface area contributed by atoms with Crippen LogP contribution in [0.1, 0.15) is 32.3 Å². The minimum atomic E-state index is -0.189. The van der Waals surface area contributed by atoms with Gasteiger partial charge in [0, 0.05) is 13.6 Å². The van der Waals surface area contributed by atoms with Gasteiger partial charge in [-0.05, 0) is 31.0 Å². The van der Waals surface area contributed by atoms with E-state index in [0.717, 1.165) is 30.8 Å². The quantitative estimate of drug-likeness (QED) is 0.707. The Bertz CT molecular complexity index is 376. The van der Waals surface area contributed by atoms with E-state index in [0.29, 0.717) is 6.54 Å². The first-order valence-corrected chi connectivity index (χ1v) is 6.84. The molecule has 19 heavy (non-hydrogen) atoms. The molecule has 0 saturated carbocycles. The maximum atomic E-state index is 11.3. The number of carbonyl (C=O) groups excluding carboxylic acids is 1. The van der Waals surface area contributed by atoms with Crippen molar-refractivity contribution in [3.63, 3.8) is 0 Å². The highest BCUT2D eigenvalue weighted by atomic mass is 16.5. The summed E-state index contributed by atoms with van der Waals surface area (Å²) in [6.07, 6.45) is 2.21. The molecule has 0 bridgehead atoms. The largest absolute Gasteiger partial charge is 0.494 e. The number of nitrogens with one attached hydrogen (secondary N) is 2. The Morgan fingerprint density at radius 3 is 2.58 bits per heavy atom. The first-order valence-electron chi connectivity index (χ1n) is 6.84. The van der Waals surface area contributed by atoms with E-state index in [4.69, 9.17) is 4.74 Å². The highest BCUT2D eigenvalue weighted by Gasteiger charge is 2.09. The Hall–Kier alpha value is -1.55. The van der Waals surface area contributed by atoms with Crippen molar-refractivity contribution in [3.8, 4) is 5.75 Å². The van der Waals surface area contributed by atoms with Crippen LogP contribution in [0.25, 0.3) is 0 Å². The molecule has 0 aliphatic rings.